The smallest absolute Gasteiger partial charge is 0.322 e. The van der Waals surface area contributed by atoms with E-state index < -0.39 is 0 Å². The quantitative estimate of drug-likeness (QED) is 0.918. The van der Waals surface area contributed by atoms with Crippen molar-refractivity contribution in [2.45, 2.75) is 13.0 Å². The van der Waals surface area contributed by atoms with Gasteiger partial charge in [0.2, 0.25) is 0 Å². The van der Waals surface area contributed by atoms with Gasteiger partial charge in [0.1, 0.15) is 0 Å². The Morgan fingerprint density at radius 2 is 2.30 bits per heavy atom. The zero-order chi connectivity index (χ0) is 13.9. The molecule has 0 aliphatic carbocycles. The van der Waals surface area contributed by atoms with Crippen molar-refractivity contribution in [1.82, 2.24) is 10.3 Å². The van der Waals surface area contributed by atoms with E-state index in [-0.39, 0.29) is 6.03 Å². The molecule has 0 saturated heterocycles. The van der Waals surface area contributed by atoms with Gasteiger partial charge < -0.3 is 5.32 Å². The van der Waals surface area contributed by atoms with E-state index in [1.807, 2.05) is 24.3 Å². The number of carbonyl (C=O) groups is 1. The molecule has 1 aromatic carbocycles. The van der Waals surface area contributed by atoms with Crippen molar-refractivity contribution < 1.29 is 4.79 Å². The molecule has 0 unspecified atom stereocenters. The molecule has 5 heteroatoms. The second kappa shape index (κ2) is 5.63. The minimum absolute atomic E-state index is 0.0603. The van der Waals surface area contributed by atoms with Crippen molar-refractivity contribution in [2.75, 3.05) is 11.4 Å². The number of hydrogen-bond donors (Lipinski definition) is 1. The van der Waals surface area contributed by atoms with Gasteiger partial charge in [0.25, 0.3) is 0 Å². The largest absolute Gasteiger partial charge is 0.334 e. The summed E-state index contributed by atoms with van der Waals surface area (Å²) in [5.41, 5.74) is 3.20. The Morgan fingerprint density at radius 1 is 1.40 bits per heavy atom. The molecule has 2 aromatic rings. The minimum atomic E-state index is -0.0603. The van der Waals surface area contributed by atoms with Gasteiger partial charge in [-0.15, -0.1) is 0 Å². The monoisotopic (exact) mass is 331 g/mol. The van der Waals surface area contributed by atoms with Crippen LogP contribution in [0.4, 0.5) is 10.5 Å². The third-order valence-electron chi connectivity index (χ3n) is 3.35. The van der Waals surface area contributed by atoms with Gasteiger partial charge in [-0.2, -0.15) is 0 Å². The number of rotatable bonds is 2. The Morgan fingerprint density at radius 3 is 3.10 bits per heavy atom. The number of nitrogens with one attached hydrogen (secondary N) is 1. The van der Waals surface area contributed by atoms with Crippen molar-refractivity contribution in [2.24, 2.45) is 0 Å². The van der Waals surface area contributed by atoms with E-state index in [0.717, 1.165) is 28.7 Å². The molecule has 0 spiro atoms. The molecule has 2 amide bonds. The standard InChI is InChI=1S/C15H14BrN3O/c16-13-3-4-14-12(8-13)5-7-19(14)15(20)18-10-11-2-1-6-17-9-11/h1-4,6,8-9H,5,7,10H2,(H,18,20). The first-order valence-electron chi connectivity index (χ1n) is 6.47. The molecule has 20 heavy (non-hydrogen) atoms. The highest BCUT2D eigenvalue weighted by molar-refractivity contribution is 9.10. The highest BCUT2D eigenvalue weighted by Gasteiger charge is 2.24. The molecule has 0 bridgehead atoms. The number of pyridine rings is 1. The van der Waals surface area contributed by atoms with Gasteiger partial charge in [-0.3, -0.25) is 9.88 Å². The number of benzene rings is 1. The predicted octanol–water partition coefficient (Wildman–Crippen LogP) is 3.12. The molecule has 1 N–H and O–H groups in total. The number of hydrogen-bond acceptors (Lipinski definition) is 2. The normalized spacial score (nSPS) is 13.2. The predicted molar refractivity (Wildman–Crippen MR) is 81.7 cm³/mol. The van der Waals surface area contributed by atoms with Crippen LogP contribution in [0.2, 0.25) is 0 Å². The third-order valence-corrected chi connectivity index (χ3v) is 3.84. The Bertz CT molecular complexity index is 630. The fourth-order valence-corrected chi connectivity index (χ4v) is 2.77. The van der Waals surface area contributed by atoms with Crippen LogP contribution in [0, 0.1) is 0 Å². The highest BCUT2D eigenvalue weighted by Crippen LogP contribution is 2.30. The van der Waals surface area contributed by atoms with E-state index in [1.165, 1.54) is 5.56 Å². The summed E-state index contributed by atoms with van der Waals surface area (Å²) in [5.74, 6) is 0. The fourth-order valence-electron chi connectivity index (χ4n) is 2.36. The first-order valence-corrected chi connectivity index (χ1v) is 7.26. The van der Waals surface area contributed by atoms with E-state index in [4.69, 9.17) is 0 Å². The van der Waals surface area contributed by atoms with Crippen molar-refractivity contribution in [3.63, 3.8) is 0 Å². The van der Waals surface area contributed by atoms with Crippen LogP contribution < -0.4 is 10.2 Å². The van der Waals surface area contributed by atoms with Crippen molar-refractivity contribution >= 4 is 27.6 Å². The Hall–Kier alpha value is -1.88. The molecular formula is C15H14BrN3O. The van der Waals surface area contributed by atoms with Crippen LogP contribution in [0.3, 0.4) is 0 Å². The van der Waals surface area contributed by atoms with Crippen LogP contribution in [0.5, 0.6) is 0 Å². The number of anilines is 1. The molecule has 1 aromatic heterocycles. The SMILES string of the molecule is O=C(NCc1cccnc1)N1CCc2cc(Br)ccc21. The first-order chi connectivity index (χ1) is 9.74. The number of halogens is 1. The second-order valence-corrected chi connectivity index (χ2v) is 5.61. The van der Waals surface area contributed by atoms with Crippen LogP contribution in [-0.2, 0) is 13.0 Å². The van der Waals surface area contributed by atoms with Gasteiger partial charge in [0.05, 0.1) is 0 Å². The number of amides is 2. The molecule has 2 heterocycles. The molecule has 0 fully saturated rings. The molecule has 102 valence electrons. The van der Waals surface area contributed by atoms with E-state index in [1.54, 1.807) is 17.3 Å². The maximum Gasteiger partial charge on any atom is 0.322 e. The van der Waals surface area contributed by atoms with Gasteiger partial charge >= 0.3 is 6.03 Å². The van der Waals surface area contributed by atoms with Gasteiger partial charge in [-0.1, -0.05) is 22.0 Å². The summed E-state index contributed by atoms with van der Waals surface area (Å²) in [5, 5.41) is 2.93. The Balaban J connectivity index is 1.68. The molecule has 0 atom stereocenters. The number of urea groups is 1. The lowest BCUT2D eigenvalue weighted by Gasteiger charge is -2.18. The summed E-state index contributed by atoms with van der Waals surface area (Å²) in [6.45, 7) is 1.22. The van der Waals surface area contributed by atoms with E-state index in [0.29, 0.717) is 6.54 Å². The molecule has 0 radical (unpaired) electrons. The van der Waals surface area contributed by atoms with Crippen molar-refractivity contribution in [1.29, 1.82) is 0 Å². The molecule has 3 rings (SSSR count). The summed E-state index contributed by atoms with van der Waals surface area (Å²) in [4.78, 5) is 18.1. The molecule has 0 saturated carbocycles. The average Bonchev–Trinajstić information content (AvgIpc) is 2.89. The van der Waals surface area contributed by atoms with Gasteiger partial charge in [-0.05, 0) is 41.8 Å². The second-order valence-electron chi connectivity index (χ2n) is 4.69. The zero-order valence-corrected chi connectivity index (χ0v) is 12.4. The lowest BCUT2D eigenvalue weighted by atomic mass is 10.2. The minimum Gasteiger partial charge on any atom is -0.334 e. The third kappa shape index (κ3) is 2.67. The number of aromatic nitrogens is 1. The Labute approximate surface area is 126 Å². The van der Waals surface area contributed by atoms with E-state index in [9.17, 15) is 4.79 Å². The van der Waals surface area contributed by atoms with Crippen LogP contribution in [-0.4, -0.2) is 17.6 Å². The Kier molecular flexibility index (Phi) is 3.69. The summed E-state index contributed by atoms with van der Waals surface area (Å²) in [7, 11) is 0. The topological polar surface area (TPSA) is 45.2 Å². The van der Waals surface area contributed by atoms with Crippen LogP contribution in [0.25, 0.3) is 0 Å². The number of nitrogens with zero attached hydrogens (tertiary/aromatic N) is 2. The summed E-state index contributed by atoms with van der Waals surface area (Å²) in [6.07, 6.45) is 4.38. The molecule has 1 aliphatic heterocycles. The maximum absolute atomic E-state index is 12.2. The van der Waals surface area contributed by atoms with Crippen LogP contribution in [0.15, 0.2) is 47.2 Å². The van der Waals surface area contributed by atoms with Crippen LogP contribution >= 0.6 is 15.9 Å². The summed E-state index contributed by atoms with van der Waals surface area (Å²) < 4.78 is 1.05. The van der Waals surface area contributed by atoms with Gasteiger partial charge in [0.15, 0.2) is 0 Å². The summed E-state index contributed by atoms with van der Waals surface area (Å²) >= 11 is 3.46. The van der Waals surface area contributed by atoms with Crippen molar-refractivity contribution in [3.8, 4) is 0 Å². The lowest BCUT2D eigenvalue weighted by Crippen LogP contribution is -2.38. The first kappa shape index (κ1) is 13.1. The highest BCUT2D eigenvalue weighted by atomic mass is 79.9. The van der Waals surface area contributed by atoms with Gasteiger partial charge in [-0.25, -0.2) is 4.79 Å². The number of carbonyl (C=O) groups excluding carboxylic acids is 1. The van der Waals surface area contributed by atoms with E-state index >= 15 is 0 Å². The molecule has 1 aliphatic rings. The fraction of sp³-hybridized carbons (Fsp3) is 0.200. The average molecular weight is 332 g/mol. The summed E-state index contributed by atoms with van der Waals surface area (Å²) in [6, 6.07) is 9.77. The van der Waals surface area contributed by atoms with Crippen molar-refractivity contribution in [3.05, 3.63) is 58.3 Å². The van der Waals surface area contributed by atoms with E-state index in [2.05, 4.69) is 32.3 Å². The maximum atomic E-state index is 12.2. The van der Waals surface area contributed by atoms with Crippen LogP contribution in [0.1, 0.15) is 11.1 Å². The number of fused-ring (bicyclic) bond motifs is 1. The molecule has 4 nitrogen and oxygen atoms in total. The zero-order valence-electron chi connectivity index (χ0n) is 10.8. The molecular weight excluding hydrogens is 318 g/mol. The lowest BCUT2D eigenvalue weighted by molar-refractivity contribution is 0.246. The van der Waals surface area contributed by atoms with Gasteiger partial charge in [0, 0.05) is 35.6 Å².